The molecule has 40 valence electrons. The number of ether oxygens (including phenoxy) is 1. The third kappa shape index (κ3) is 3.92. The average molecular weight is 91.2 g/mol. The highest BCUT2D eigenvalue weighted by Gasteiger charge is 1.72. The summed E-state index contributed by atoms with van der Waals surface area (Å²) in [5, 5.41) is 0. The molecule has 0 saturated carbocycles. The van der Waals surface area contributed by atoms with Crippen molar-refractivity contribution in [1.82, 2.24) is 0 Å². The second kappa shape index (κ2) is 4.92. The van der Waals surface area contributed by atoms with Crippen LogP contribution in [0.1, 0.15) is 8.35 Å². The lowest BCUT2D eigenvalue weighted by atomic mass is 10.7. The molecular weight excluding hydrogens is 78.0 g/mol. The number of rotatable bonds is 3. The largest absolute Gasteiger partial charge is 0.380 e. The summed E-state index contributed by atoms with van der Waals surface area (Å²) in [4.78, 5) is 0. The third-order valence-electron chi connectivity index (χ3n) is 0.466. The van der Waals surface area contributed by atoms with Gasteiger partial charge in [-0.15, -0.1) is 0 Å². The summed E-state index contributed by atoms with van der Waals surface area (Å²) in [5.74, 6) is 0. The van der Waals surface area contributed by atoms with E-state index in [4.69, 9.17) is 10.5 Å². The monoisotopic (exact) mass is 91.1 g/mol. The van der Waals surface area contributed by atoms with E-state index in [-0.39, 0.29) is 1.43 Å². The molecule has 0 rings (SSSR count). The van der Waals surface area contributed by atoms with Gasteiger partial charge in [0.15, 0.2) is 0 Å². The molecule has 0 aliphatic heterocycles. The lowest BCUT2D eigenvalue weighted by Crippen LogP contribution is -2.07. The molecule has 0 bridgehead atoms. The van der Waals surface area contributed by atoms with E-state index >= 15 is 0 Å². The Kier molecular flexibility index (Phi) is 4.85. The van der Waals surface area contributed by atoms with Gasteiger partial charge < -0.3 is 10.5 Å². The Labute approximate surface area is 39.8 Å². The maximum Gasteiger partial charge on any atom is 0.0588 e. The first-order valence-electron chi connectivity index (χ1n) is 2.19. The van der Waals surface area contributed by atoms with E-state index in [1.165, 1.54) is 0 Å². The van der Waals surface area contributed by atoms with Crippen LogP contribution in [0.2, 0.25) is 0 Å². The van der Waals surface area contributed by atoms with Crippen molar-refractivity contribution in [2.24, 2.45) is 5.73 Å². The minimum absolute atomic E-state index is 0. The van der Waals surface area contributed by atoms with Crippen molar-refractivity contribution in [3.8, 4) is 0 Å². The van der Waals surface area contributed by atoms with Crippen molar-refractivity contribution in [2.45, 2.75) is 6.92 Å². The Bertz CT molecular complexity index is 23.7. The summed E-state index contributed by atoms with van der Waals surface area (Å²) in [6.45, 7) is 4.05. The highest BCUT2D eigenvalue weighted by Crippen LogP contribution is 1.64. The lowest BCUT2D eigenvalue weighted by Gasteiger charge is -1.91. The molecule has 2 heteroatoms. The molecule has 0 aliphatic rings. The van der Waals surface area contributed by atoms with Crippen LogP contribution >= 0.6 is 0 Å². The lowest BCUT2D eigenvalue weighted by molar-refractivity contribution is 0.155. The van der Waals surface area contributed by atoms with Gasteiger partial charge >= 0.3 is 0 Å². The Balaban J connectivity index is 0. The predicted octanol–water partition coefficient (Wildman–Crippen LogP) is 0.228. The summed E-state index contributed by atoms with van der Waals surface area (Å²) < 4.78 is 4.86. The fourth-order valence-electron chi connectivity index (χ4n) is 0.228. The zero-order valence-corrected chi connectivity index (χ0v) is 4.11. The van der Waals surface area contributed by atoms with Crippen LogP contribution in [-0.2, 0) is 4.74 Å². The average Bonchev–Trinajstić information content (AvgIpc) is 1.61. The zero-order chi connectivity index (χ0) is 4.83. The van der Waals surface area contributed by atoms with E-state index in [0.717, 1.165) is 6.61 Å². The minimum Gasteiger partial charge on any atom is -0.380 e. The molecule has 0 aromatic heterocycles. The van der Waals surface area contributed by atoms with Gasteiger partial charge in [0, 0.05) is 14.6 Å². The summed E-state index contributed by atoms with van der Waals surface area (Å²) >= 11 is 0. The first-order chi connectivity index (χ1) is 2.91. The topological polar surface area (TPSA) is 35.2 Å². The fourth-order valence-corrected chi connectivity index (χ4v) is 0.228. The van der Waals surface area contributed by atoms with E-state index in [1.54, 1.807) is 0 Å². The van der Waals surface area contributed by atoms with Crippen molar-refractivity contribution in [2.75, 3.05) is 19.8 Å². The molecule has 6 heavy (non-hydrogen) atoms. The van der Waals surface area contributed by atoms with Crippen LogP contribution in [0.5, 0.6) is 0 Å². The number of nitrogens with two attached hydrogens (primary N) is 1. The van der Waals surface area contributed by atoms with E-state index in [2.05, 4.69) is 0 Å². The van der Waals surface area contributed by atoms with Gasteiger partial charge in [-0.1, -0.05) is 0 Å². The quantitative estimate of drug-likeness (QED) is 0.504. The molecule has 2 N–H and O–H groups in total. The Hall–Kier alpha value is -0.0800. The molecule has 0 spiro atoms. The van der Waals surface area contributed by atoms with Gasteiger partial charge in [0.05, 0.1) is 6.61 Å². The Morgan fingerprint density at radius 2 is 2.50 bits per heavy atom. The molecule has 0 fully saturated rings. The second-order valence-electron chi connectivity index (χ2n) is 0.986. The van der Waals surface area contributed by atoms with Gasteiger partial charge in [0.2, 0.25) is 0 Å². The molecule has 0 radical (unpaired) electrons. The van der Waals surface area contributed by atoms with Crippen LogP contribution in [0.15, 0.2) is 0 Å². The van der Waals surface area contributed by atoms with Crippen molar-refractivity contribution in [1.29, 1.82) is 0 Å². The SMILES string of the molecule is CCOCCN.[HH]. The van der Waals surface area contributed by atoms with Gasteiger partial charge in [0.1, 0.15) is 0 Å². The highest BCUT2D eigenvalue weighted by molar-refractivity contribution is 4.25. The van der Waals surface area contributed by atoms with Crippen molar-refractivity contribution >= 4 is 0 Å². The molecule has 0 amide bonds. The molecule has 0 aromatic carbocycles. The normalized spacial score (nSPS) is 9.00. The van der Waals surface area contributed by atoms with Gasteiger partial charge in [-0.25, -0.2) is 0 Å². The van der Waals surface area contributed by atoms with E-state index in [1.807, 2.05) is 6.92 Å². The third-order valence-corrected chi connectivity index (χ3v) is 0.466. The summed E-state index contributed by atoms with van der Waals surface area (Å²) in [5.41, 5.74) is 5.09. The molecule has 0 unspecified atom stereocenters. The fraction of sp³-hybridized carbons (Fsp3) is 1.00. The number of hydrogen-bond acceptors (Lipinski definition) is 2. The van der Waals surface area contributed by atoms with Crippen LogP contribution in [-0.4, -0.2) is 19.8 Å². The smallest absolute Gasteiger partial charge is 0.0588 e. The van der Waals surface area contributed by atoms with Crippen molar-refractivity contribution in [3.05, 3.63) is 0 Å². The summed E-state index contributed by atoms with van der Waals surface area (Å²) in [6, 6.07) is 0. The molecule has 0 heterocycles. The van der Waals surface area contributed by atoms with Gasteiger partial charge in [0.25, 0.3) is 0 Å². The van der Waals surface area contributed by atoms with Gasteiger partial charge in [-0.05, 0) is 6.92 Å². The Morgan fingerprint density at radius 3 is 2.67 bits per heavy atom. The maximum absolute atomic E-state index is 5.09. The van der Waals surface area contributed by atoms with Crippen LogP contribution in [0.4, 0.5) is 0 Å². The van der Waals surface area contributed by atoms with Crippen LogP contribution in [0.3, 0.4) is 0 Å². The molecule has 0 aromatic rings. The van der Waals surface area contributed by atoms with Crippen LogP contribution < -0.4 is 5.73 Å². The standard InChI is InChI=1S/C4H11NO.H2/c1-2-6-4-3-5;/h2-5H2,1H3;1H. The first-order valence-corrected chi connectivity index (χ1v) is 2.19. The second-order valence-corrected chi connectivity index (χ2v) is 0.986. The van der Waals surface area contributed by atoms with Crippen LogP contribution in [0, 0.1) is 0 Å². The predicted molar refractivity (Wildman–Crippen MR) is 27.7 cm³/mol. The Morgan fingerprint density at radius 1 is 1.83 bits per heavy atom. The highest BCUT2D eigenvalue weighted by atomic mass is 16.5. The van der Waals surface area contributed by atoms with Crippen molar-refractivity contribution < 1.29 is 6.16 Å². The molecule has 2 nitrogen and oxygen atoms in total. The molecule has 0 atom stereocenters. The van der Waals surface area contributed by atoms with Crippen molar-refractivity contribution in [3.63, 3.8) is 0 Å². The van der Waals surface area contributed by atoms with Crippen LogP contribution in [0.25, 0.3) is 0 Å². The van der Waals surface area contributed by atoms with E-state index in [0.29, 0.717) is 13.2 Å². The van der Waals surface area contributed by atoms with E-state index < -0.39 is 0 Å². The first kappa shape index (κ1) is 5.92. The summed E-state index contributed by atoms with van der Waals surface area (Å²) in [7, 11) is 0. The summed E-state index contributed by atoms with van der Waals surface area (Å²) in [6.07, 6.45) is 0. The number of hydrogen-bond donors (Lipinski definition) is 1. The van der Waals surface area contributed by atoms with Gasteiger partial charge in [-0.2, -0.15) is 0 Å². The minimum atomic E-state index is 0. The van der Waals surface area contributed by atoms with Gasteiger partial charge in [-0.3, -0.25) is 0 Å². The molecule has 0 aliphatic carbocycles. The maximum atomic E-state index is 5.09. The van der Waals surface area contributed by atoms with E-state index in [9.17, 15) is 0 Å². The molecule has 0 saturated heterocycles. The zero-order valence-electron chi connectivity index (χ0n) is 4.11. The molecular formula is C4H13NO.